The van der Waals surface area contributed by atoms with Gasteiger partial charge in [-0.15, -0.1) is 0 Å². The van der Waals surface area contributed by atoms with Gasteiger partial charge in [-0.2, -0.15) is 13.2 Å². The van der Waals surface area contributed by atoms with E-state index in [0.717, 1.165) is 16.3 Å². The van der Waals surface area contributed by atoms with Crippen molar-refractivity contribution in [2.75, 3.05) is 19.0 Å². The van der Waals surface area contributed by atoms with Crippen LogP contribution in [0, 0.1) is 5.92 Å². The molecule has 0 amide bonds. The molecule has 0 spiro atoms. The van der Waals surface area contributed by atoms with Crippen molar-refractivity contribution in [1.82, 2.24) is 19.5 Å². The van der Waals surface area contributed by atoms with Crippen LogP contribution in [0.5, 0.6) is 5.88 Å². The molecule has 11 heteroatoms. The minimum Gasteiger partial charge on any atom is -0.480 e. The van der Waals surface area contributed by atoms with Gasteiger partial charge in [-0.1, -0.05) is 12.1 Å². The molecule has 1 saturated carbocycles. The van der Waals surface area contributed by atoms with E-state index in [2.05, 4.69) is 20.3 Å². The van der Waals surface area contributed by atoms with Gasteiger partial charge in [-0.25, -0.2) is 15.0 Å². The Balaban J connectivity index is 1.29. The van der Waals surface area contributed by atoms with Crippen molar-refractivity contribution in [2.45, 2.75) is 43.7 Å². The number of methoxy groups -OCH3 is 1. The predicted octanol–water partition coefficient (Wildman–Crippen LogP) is 3.88. The zero-order valence-electron chi connectivity index (χ0n) is 19.5. The Hall–Kier alpha value is -3.44. The number of aryl methyl sites for hydroxylation is 1. The monoisotopic (exact) mass is 501 g/mol. The van der Waals surface area contributed by atoms with Gasteiger partial charge in [-0.05, 0) is 55.0 Å². The molecule has 1 aliphatic carbocycles. The van der Waals surface area contributed by atoms with Crippen molar-refractivity contribution in [3.05, 3.63) is 54.5 Å². The third-order valence-corrected chi connectivity index (χ3v) is 6.82. The van der Waals surface area contributed by atoms with Crippen LogP contribution in [0.15, 0.2) is 48.9 Å². The van der Waals surface area contributed by atoms with Crippen LogP contribution in [0.1, 0.15) is 24.4 Å². The minimum absolute atomic E-state index is 0.144. The summed E-state index contributed by atoms with van der Waals surface area (Å²) in [5.74, 6) is 0.466. The fourth-order valence-corrected chi connectivity index (χ4v) is 5.00. The lowest BCUT2D eigenvalue weighted by Gasteiger charge is -2.19. The topological polar surface area (TPSA) is 105 Å². The number of halogens is 3. The number of rotatable bonds is 7. The molecule has 4 aromatic rings. The van der Waals surface area contributed by atoms with Gasteiger partial charge < -0.3 is 24.8 Å². The van der Waals surface area contributed by atoms with Crippen LogP contribution in [-0.4, -0.2) is 61.8 Å². The number of ether oxygens (including phenoxy) is 1. The highest BCUT2D eigenvalue weighted by atomic mass is 19.4. The van der Waals surface area contributed by atoms with E-state index in [-0.39, 0.29) is 17.8 Å². The summed E-state index contributed by atoms with van der Waals surface area (Å²) in [5, 5.41) is 25.5. The number of nitrogens with one attached hydrogen (secondary N) is 1. The highest BCUT2D eigenvalue weighted by Gasteiger charge is 2.42. The second kappa shape index (κ2) is 9.55. The van der Waals surface area contributed by atoms with Gasteiger partial charge in [0.2, 0.25) is 5.88 Å². The largest absolute Gasteiger partial charge is 0.480 e. The van der Waals surface area contributed by atoms with E-state index in [9.17, 15) is 23.4 Å². The molecule has 190 valence electrons. The second-order valence-electron chi connectivity index (χ2n) is 9.12. The van der Waals surface area contributed by atoms with E-state index in [1.54, 1.807) is 6.07 Å². The first-order valence-electron chi connectivity index (χ1n) is 11.7. The molecular formula is C25H26F3N5O3. The van der Waals surface area contributed by atoms with Gasteiger partial charge in [0.25, 0.3) is 0 Å². The van der Waals surface area contributed by atoms with Gasteiger partial charge in [0.15, 0.2) is 0 Å². The van der Waals surface area contributed by atoms with Crippen molar-refractivity contribution >= 4 is 27.8 Å². The summed E-state index contributed by atoms with van der Waals surface area (Å²) in [6, 6.07) is 10.4. The van der Waals surface area contributed by atoms with Crippen LogP contribution >= 0.6 is 0 Å². The quantitative estimate of drug-likeness (QED) is 0.353. The molecule has 3 aromatic heterocycles. The summed E-state index contributed by atoms with van der Waals surface area (Å²) in [5.41, 5.74) is 2.18. The van der Waals surface area contributed by atoms with E-state index < -0.39 is 24.9 Å². The average molecular weight is 502 g/mol. The van der Waals surface area contributed by atoms with E-state index in [4.69, 9.17) is 4.74 Å². The summed E-state index contributed by atoms with van der Waals surface area (Å²) >= 11 is 0. The number of nitrogens with zero attached hydrogens (tertiary/aromatic N) is 4. The molecule has 0 bridgehead atoms. The number of alkyl halides is 3. The number of benzene rings is 1. The highest BCUT2D eigenvalue weighted by molar-refractivity contribution is 5.82. The maximum atomic E-state index is 12.5. The van der Waals surface area contributed by atoms with Gasteiger partial charge in [0.1, 0.15) is 30.4 Å². The van der Waals surface area contributed by atoms with Crippen molar-refractivity contribution in [3.8, 4) is 5.88 Å². The maximum Gasteiger partial charge on any atom is 0.405 e. The summed E-state index contributed by atoms with van der Waals surface area (Å²) in [7, 11) is 1.53. The van der Waals surface area contributed by atoms with Crippen molar-refractivity contribution in [3.63, 3.8) is 0 Å². The Bertz CT molecular complexity index is 1380. The lowest BCUT2D eigenvalue weighted by molar-refractivity contribution is -0.115. The Morgan fingerprint density at radius 1 is 1.11 bits per heavy atom. The molecule has 3 N–H and O–H groups in total. The fourth-order valence-electron chi connectivity index (χ4n) is 5.00. The SMILES string of the molecule is COc1ncnc2c1ccn2[C@@H]1C[C@H](CCc2ccc3ccc(NCC(F)(F)F)nc3c2)[C@@H](O)[C@H]1O. The first-order valence-corrected chi connectivity index (χ1v) is 11.7. The lowest BCUT2D eigenvalue weighted by Crippen LogP contribution is -2.29. The Labute approximate surface area is 204 Å². The Morgan fingerprint density at radius 3 is 2.69 bits per heavy atom. The van der Waals surface area contributed by atoms with Crippen molar-refractivity contribution < 1.29 is 28.1 Å². The lowest BCUT2D eigenvalue weighted by atomic mass is 9.95. The third kappa shape index (κ3) is 4.80. The van der Waals surface area contributed by atoms with Crippen LogP contribution in [0.25, 0.3) is 21.9 Å². The number of aromatic nitrogens is 4. The molecule has 0 saturated heterocycles. The smallest absolute Gasteiger partial charge is 0.405 e. The Morgan fingerprint density at radius 2 is 1.92 bits per heavy atom. The van der Waals surface area contributed by atoms with Crippen LogP contribution in [-0.2, 0) is 6.42 Å². The fraction of sp³-hybridized carbons (Fsp3) is 0.400. The van der Waals surface area contributed by atoms with Gasteiger partial charge in [-0.3, -0.25) is 0 Å². The molecule has 3 heterocycles. The van der Waals surface area contributed by atoms with E-state index in [1.807, 2.05) is 35.0 Å². The van der Waals surface area contributed by atoms with Gasteiger partial charge >= 0.3 is 6.18 Å². The second-order valence-corrected chi connectivity index (χ2v) is 9.12. The number of pyridine rings is 1. The number of anilines is 1. The van der Waals surface area contributed by atoms with Crippen LogP contribution in [0.4, 0.5) is 19.0 Å². The highest BCUT2D eigenvalue weighted by Crippen LogP contribution is 2.40. The molecule has 0 aliphatic heterocycles. The molecule has 1 aromatic carbocycles. The summed E-state index contributed by atoms with van der Waals surface area (Å²) in [6.45, 7) is -1.15. The molecule has 1 fully saturated rings. The molecule has 1 aliphatic rings. The number of fused-ring (bicyclic) bond motifs is 2. The number of aliphatic hydroxyl groups is 2. The molecule has 0 unspecified atom stereocenters. The normalized spacial score (nSPS) is 22.4. The average Bonchev–Trinajstić information content (AvgIpc) is 3.41. The van der Waals surface area contributed by atoms with Crippen LogP contribution < -0.4 is 10.1 Å². The molecular weight excluding hydrogens is 475 g/mol. The van der Waals surface area contributed by atoms with Crippen molar-refractivity contribution in [1.29, 1.82) is 0 Å². The first-order chi connectivity index (χ1) is 17.2. The molecule has 0 radical (unpaired) electrons. The molecule has 5 rings (SSSR count). The predicted molar refractivity (Wildman–Crippen MR) is 128 cm³/mol. The van der Waals surface area contributed by atoms with E-state index in [0.29, 0.717) is 36.3 Å². The minimum atomic E-state index is -4.32. The number of aliphatic hydroxyl groups excluding tert-OH is 2. The zero-order valence-corrected chi connectivity index (χ0v) is 19.5. The third-order valence-electron chi connectivity index (χ3n) is 6.82. The number of hydrogen-bond donors (Lipinski definition) is 3. The van der Waals surface area contributed by atoms with Gasteiger partial charge in [0.05, 0.1) is 30.2 Å². The zero-order chi connectivity index (χ0) is 25.4. The molecule has 36 heavy (non-hydrogen) atoms. The summed E-state index contributed by atoms with van der Waals surface area (Å²) in [4.78, 5) is 12.8. The first kappa shape index (κ1) is 24.3. The summed E-state index contributed by atoms with van der Waals surface area (Å²) < 4.78 is 44.7. The van der Waals surface area contributed by atoms with Crippen LogP contribution in [0.2, 0.25) is 0 Å². The van der Waals surface area contributed by atoms with Crippen LogP contribution in [0.3, 0.4) is 0 Å². The number of hydrogen-bond acceptors (Lipinski definition) is 7. The molecule has 4 atom stereocenters. The maximum absolute atomic E-state index is 12.5. The van der Waals surface area contributed by atoms with E-state index in [1.165, 1.54) is 19.5 Å². The molecule has 8 nitrogen and oxygen atoms in total. The summed E-state index contributed by atoms with van der Waals surface area (Å²) in [6.07, 6.45) is -1.12. The Kier molecular flexibility index (Phi) is 6.44. The van der Waals surface area contributed by atoms with Crippen molar-refractivity contribution in [2.24, 2.45) is 5.92 Å². The van der Waals surface area contributed by atoms with E-state index >= 15 is 0 Å². The standard InChI is InChI=1S/C25H26F3N5O3/c1-36-24-17-8-9-33(23(17)30-13-31-24)19-11-16(21(34)22(19)35)5-3-14-2-4-15-6-7-20(32-18(15)10-14)29-12-25(26,27)28/h2,4,6-10,13,16,19,21-22,34-35H,3,5,11-12H2,1H3,(H,29,32)/t16-,19+,21+,22-/m0/s1. The van der Waals surface area contributed by atoms with Gasteiger partial charge in [0, 0.05) is 11.6 Å².